The van der Waals surface area contributed by atoms with Gasteiger partial charge in [0.1, 0.15) is 11.9 Å². The van der Waals surface area contributed by atoms with Gasteiger partial charge < -0.3 is 14.1 Å². The number of nitriles is 1. The van der Waals surface area contributed by atoms with Gasteiger partial charge in [-0.05, 0) is 23.8 Å². The number of ether oxygens (including phenoxy) is 1. The van der Waals surface area contributed by atoms with Crippen molar-refractivity contribution in [1.82, 2.24) is 4.98 Å². The first kappa shape index (κ1) is 14.3. The first-order valence-corrected chi connectivity index (χ1v) is 6.93. The molecule has 1 aliphatic heterocycles. The van der Waals surface area contributed by atoms with Crippen LogP contribution in [0.15, 0.2) is 28.7 Å². The van der Waals surface area contributed by atoms with Gasteiger partial charge in [-0.3, -0.25) is 0 Å². The van der Waals surface area contributed by atoms with Gasteiger partial charge in [0.15, 0.2) is 0 Å². The van der Waals surface area contributed by atoms with E-state index in [1.54, 1.807) is 24.3 Å². The number of nitrogens with zero attached hydrogens (tertiary/aromatic N) is 3. The van der Waals surface area contributed by atoms with Gasteiger partial charge >= 0.3 is 0 Å². The maximum atomic E-state index is 12.9. The lowest BCUT2D eigenvalue weighted by molar-refractivity contribution is 0.120. The number of anilines is 1. The third-order valence-electron chi connectivity index (χ3n) is 3.32. The summed E-state index contributed by atoms with van der Waals surface area (Å²) in [5.74, 6) is 0.543. The van der Waals surface area contributed by atoms with Crippen LogP contribution < -0.4 is 4.90 Å². The summed E-state index contributed by atoms with van der Waals surface area (Å²) < 4.78 is 23.8. The molecule has 3 rings (SSSR count). The highest BCUT2D eigenvalue weighted by molar-refractivity contribution is 5.67. The Hall–Kier alpha value is -2.65. The Kier molecular flexibility index (Phi) is 4.17. The Balaban J connectivity index is 1.81. The number of hydrogen-bond donors (Lipinski definition) is 0. The van der Waals surface area contributed by atoms with Crippen LogP contribution in [0.5, 0.6) is 0 Å². The van der Waals surface area contributed by atoms with E-state index in [4.69, 9.17) is 9.15 Å². The fourth-order valence-corrected chi connectivity index (χ4v) is 2.19. The van der Waals surface area contributed by atoms with Crippen LogP contribution in [0.3, 0.4) is 0 Å². The van der Waals surface area contributed by atoms with E-state index >= 15 is 0 Å². The molecule has 0 N–H and O–H groups in total. The van der Waals surface area contributed by atoms with E-state index in [1.807, 2.05) is 11.0 Å². The molecule has 0 aliphatic carbocycles. The van der Waals surface area contributed by atoms with Gasteiger partial charge in [-0.2, -0.15) is 10.2 Å². The standard InChI is InChI=1S/C16H14FN3O2/c17-13-4-1-12(2-5-13)3-6-15-19-14(11-18)16(22-15)20-7-9-21-10-8-20/h1-6H,7-10H2. The Labute approximate surface area is 127 Å². The quantitative estimate of drug-likeness (QED) is 0.872. The van der Waals surface area contributed by atoms with Gasteiger partial charge in [-0.1, -0.05) is 12.1 Å². The average molecular weight is 299 g/mol. The van der Waals surface area contributed by atoms with Crippen molar-refractivity contribution in [3.63, 3.8) is 0 Å². The van der Waals surface area contributed by atoms with E-state index in [0.29, 0.717) is 38.1 Å². The van der Waals surface area contributed by atoms with E-state index in [-0.39, 0.29) is 11.5 Å². The number of halogens is 1. The van der Waals surface area contributed by atoms with E-state index in [9.17, 15) is 9.65 Å². The van der Waals surface area contributed by atoms with Crippen molar-refractivity contribution in [2.45, 2.75) is 0 Å². The fourth-order valence-electron chi connectivity index (χ4n) is 2.19. The van der Waals surface area contributed by atoms with Crippen molar-refractivity contribution in [2.24, 2.45) is 0 Å². The van der Waals surface area contributed by atoms with Crippen LogP contribution in [-0.4, -0.2) is 31.3 Å². The van der Waals surface area contributed by atoms with Crippen molar-refractivity contribution in [1.29, 1.82) is 5.26 Å². The summed E-state index contributed by atoms with van der Waals surface area (Å²) in [6, 6.07) is 8.13. The first-order chi connectivity index (χ1) is 10.8. The summed E-state index contributed by atoms with van der Waals surface area (Å²) in [4.78, 5) is 6.11. The molecule has 2 aromatic rings. The number of rotatable bonds is 3. The second-order valence-corrected chi connectivity index (χ2v) is 4.80. The van der Waals surface area contributed by atoms with Crippen LogP contribution in [0.2, 0.25) is 0 Å². The van der Waals surface area contributed by atoms with Crippen molar-refractivity contribution in [3.05, 3.63) is 47.2 Å². The van der Waals surface area contributed by atoms with E-state index < -0.39 is 0 Å². The number of morpholine rings is 1. The predicted molar refractivity (Wildman–Crippen MR) is 79.6 cm³/mol. The van der Waals surface area contributed by atoms with Gasteiger partial charge in [0, 0.05) is 19.2 Å². The molecule has 0 unspecified atom stereocenters. The van der Waals surface area contributed by atoms with Gasteiger partial charge in [0.05, 0.1) is 13.2 Å². The lowest BCUT2D eigenvalue weighted by Crippen LogP contribution is -2.36. The third kappa shape index (κ3) is 3.15. The van der Waals surface area contributed by atoms with Crippen molar-refractivity contribution < 1.29 is 13.5 Å². The van der Waals surface area contributed by atoms with Crippen LogP contribution >= 0.6 is 0 Å². The van der Waals surface area contributed by atoms with Crippen LogP contribution in [-0.2, 0) is 4.74 Å². The number of hydrogen-bond acceptors (Lipinski definition) is 5. The number of aromatic nitrogens is 1. The molecule has 1 saturated heterocycles. The molecule has 0 amide bonds. The van der Waals surface area contributed by atoms with E-state index in [0.717, 1.165) is 5.56 Å². The molecule has 112 valence electrons. The zero-order valence-corrected chi connectivity index (χ0v) is 11.8. The Morgan fingerprint density at radius 3 is 2.59 bits per heavy atom. The first-order valence-electron chi connectivity index (χ1n) is 6.93. The van der Waals surface area contributed by atoms with Crippen LogP contribution in [0.1, 0.15) is 17.1 Å². The minimum Gasteiger partial charge on any atom is -0.420 e. The molecule has 22 heavy (non-hydrogen) atoms. The summed E-state index contributed by atoms with van der Waals surface area (Å²) in [6.45, 7) is 2.55. The minimum atomic E-state index is -0.283. The Morgan fingerprint density at radius 1 is 1.18 bits per heavy atom. The number of oxazole rings is 1. The summed E-state index contributed by atoms with van der Waals surface area (Å²) in [5, 5.41) is 9.18. The molecule has 6 heteroatoms. The summed E-state index contributed by atoms with van der Waals surface area (Å²) in [5.41, 5.74) is 1.09. The third-order valence-corrected chi connectivity index (χ3v) is 3.32. The molecular weight excluding hydrogens is 285 g/mol. The smallest absolute Gasteiger partial charge is 0.235 e. The van der Waals surface area contributed by atoms with Crippen LogP contribution in [0.25, 0.3) is 12.2 Å². The minimum absolute atomic E-state index is 0.264. The lowest BCUT2D eigenvalue weighted by atomic mass is 10.2. The average Bonchev–Trinajstić information content (AvgIpc) is 2.98. The molecule has 0 spiro atoms. The van der Waals surface area contributed by atoms with Gasteiger partial charge in [0.25, 0.3) is 0 Å². The highest BCUT2D eigenvalue weighted by Gasteiger charge is 2.20. The largest absolute Gasteiger partial charge is 0.420 e. The molecule has 0 saturated carbocycles. The number of benzene rings is 1. The van der Waals surface area contributed by atoms with Crippen molar-refractivity contribution in [3.8, 4) is 6.07 Å². The molecule has 5 nitrogen and oxygen atoms in total. The molecular formula is C16H14FN3O2. The monoisotopic (exact) mass is 299 g/mol. The summed E-state index contributed by atoms with van der Waals surface area (Å²) >= 11 is 0. The van der Waals surface area contributed by atoms with Gasteiger partial charge in [-0.15, -0.1) is 0 Å². The Bertz CT molecular complexity index is 710. The molecule has 2 heterocycles. The normalized spacial score (nSPS) is 15.2. The highest BCUT2D eigenvalue weighted by Crippen LogP contribution is 2.23. The second kappa shape index (κ2) is 6.41. The van der Waals surface area contributed by atoms with E-state index in [1.165, 1.54) is 12.1 Å². The Morgan fingerprint density at radius 2 is 1.91 bits per heavy atom. The van der Waals surface area contributed by atoms with Crippen molar-refractivity contribution in [2.75, 3.05) is 31.2 Å². The van der Waals surface area contributed by atoms with Gasteiger partial charge in [-0.25, -0.2) is 4.39 Å². The lowest BCUT2D eigenvalue weighted by Gasteiger charge is -2.25. The second-order valence-electron chi connectivity index (χ2n) is 4.80. The molecule has 1 fully saturated rings. The topological polar surface area (TPSA) is 62.3 Å². The molecule has 0 bridgehead atoms. The fraction of sp³-hybridized carbons (Fsp3) is 0.250. The molecule has 0 radical (unpaired) electrons. The summed E-state index contributed by atoms with van der Waals surface area (Å²) in [6.07, 6.45) is 3.42. The SMILES string of the molecule is N#Cc1nc(C=Cc2ccc(F)cc2)oc1N1CCOCC1. The van der Waals surface area contributed by atoms with Crippen LogP contribution in [0, 0.1) is 17.1 Å². The maximum Gasteiger partial charge on any atom is 0.235 e. The van der Waals surface area contributed by atoms with Crippen molar-refractivity contribution >= 4 is 18.0 Å². The zero-order valence-electron chi connectivity index (χ0n) is 11.8. The highest BCUT2D eigenvalue weighted by atomic mass is 19.1. The summed E-state index contributed by atoms with van der Waals surface area (Å²) in [7, 11) is 0. The van der Waals surface area contributed by atoms with E-state index in [2.05, 4.69) is 4.98 Å². The predicted octanol–water partition coefficient (Wildman–Crippen LogP) is 2.69. The molecule has 0 atom stereocenters. The van der Waals surface area contributed by atoms with Crippen LogP contribution in [0.4, 0.5) is 10.3 Å². The molecule has 1 aromatic heterocycles. The molecule has 1 aliphatic rings. The van der Waals surface area contributed by atoms with Gasteiger partial charge in [0.2, 0.25) is 17.5 Å². The maximum absolute atomic E-state index is 12.9. The zero-order chi connectivity index (χ0) is 15.4. The molecule has 1 aromatic carbocycles.